The molecule has 0 bridgehead atoms. The lowest BCUT2D eigenvalue weighted by Crippen LogP contribution is -2.37. The summed E-state index contributed by atoms with van der Waals surface area (Å²) in [6.07, 6.45) is 3.87. The number of nitrogens with zero attached hydrogens (tertiary/aromatic N) is 1. The smallest absolute Gasteiger partial charge is 0.332 e. The highest BCUT2D eigenvalue weighted by atomic mass is 16.5. The topological polar surface area (TPSA) is 72.6 Å². The summed E-state index contributed by atoms with van der Waals surface area (Å²) in [5.74, 6) is -0.00516. The number of hydrogen-bond acceptors (Lipinski definition) is 5. The van der Waals surface area contributed by atoms with Crippen LogP contribution in [0.1, 0.15) is 36.5 Å². The molecule has 0 aromatic heterocycles. The summed E-state index contributed by atoms with van der Waals surface area (Å²) in [4.78, 5) is 26.1. The van der Waals surface area contributed by atoms with Gasteiger partial charge >= 0.3 is 5.97 Å². The van der Waals surface area contributed by atoms with Crippen LogP contribution in [-0.2, 0) is 9.53 Å². The molecule has 2 N–H and O–H groups in total. The summed E-state index contributed by atoms with van der Waals surface area (Å²) in [7, 11) is 0. The average molecular weight is 330 g/mol. The van der Waals surface area contributed by atoms with Gasteiger partial charge in [0.15, 0.2) is 5.78 Å². The molecule has 1 fully saturated rings. The standard InChI is InChI=1S/C19H26N2O3/c1-15(20)14-18(22)24-13-5-10-21-11-8-17(9-12-21)19(23)16-6-3-2-4-7-16/h2-4,6-7,14,17H,5,8-13,20H2,1H3. The molecular weight excluding hydrogens is 304 g/mol. The van der Waals surface area contributed by atoms with E-state index in [2.05, 4.69) is 4.90 Å². The number of likely N-dealkylation sites (tertiary alicyclic amines) is 1. The highest BCUT2D eigenvalue weighted by molar-refractivity contribution is 5.97. The number of Topliss-reactive ketones (excluding diaryl/α,β-unsaturated/α-hetero) is 1. The van der Waals surface area contributed by atoms with Crippen LogP contribution in [-0.4, -0.2) is 42.9 Å². The summed E-state index contributed by atoms with van der Waals surface area (Å²) >= 11 is 0. The minimum absolute atomic E-state index is 0.124. The molecule has 1 aliphatic rings. The highest BCUT2D eigenvalue weighted by Crippen LogP contribution is 2.21. The number of benzene rings is 1. The zero-order valence-electron chi connectivity index (χ0n) is 14.2. The van der Waals surface area contributed by atoms with E-state index in [4.69, 9.17) is 10.5 Å². The first-order chi connectivity index (χ1) is 11.6. The molecule has 0 radical (unpaired) electrons. The molecule has 1 aromatic carbocycles. The van der Waals surface area contributed by atoms with Crippen molar-refractivity contribution in [2.75, 3.05) is 26.2 Å². The molecule has 0 spiro atoms. The van der Waals surface area contributed by atoms with E-state index in [1.54, 1.807) is 6.92 Å². The maximum atomic E-state index is 12.4. The van der Waals surface area contributed by atoms with E-state index in [0.29, 0.717) is 12.3 Å². The second kappa shape index (κ2) is 9.23. The lowest BCUT2D eigenvalue weighted by Gasteiger charge is -2.31. The first-order valence-corrected chi connectivity index (χ1v) is 8.48. The van der Waals surface area contributed by atoms with Gasteiger partial charge in [0, 0.05) is 29.8 Å². The summed E-state index contributed by atoms with van der Waals surface area (Å²) in [6.45, 7) is 4.76. The second-order valence-electron chi connectivity index (χ2n) is 6.26. The summed E-state index contributed by atoms with van der Waals surface area (Å²) in [5, 5.41) is 0. The van der Waals surface area contributed by atoms with Crippen molar-refractivity contribution in [3.05, 3.63) is 47.7 Å². The molecule has 0 aliphatic carbocycles. The van der Waals surface area contributed by atoms with E-state index in [9.17, 15) is 9.59 Å². The molecule has 0 unspecified atom stereocenters. The van der Waals surface area contributed by atoms with Crippen LogP contribution in [0, 0.1) is 5.92 Å². The zero-order valence-corrected chi connectivity index (χ0v) is 14.2. The van der Waals surface area contributed by atoms with Crippen molar-refractivity contribution in [1.82, 2.24) is 4.90 Å². The first-order valence-electron chi connectivity index (χ1n) is 8.48. The van der Waals surface area contributed by atoms with Gasteiger partial charge < -0.3 is 15.4 Å². The normalized spacial score (nSPS) is 16.8. The van der Waals surface area contributed by atoms with Crippen LogP contribution in [0.2, 0.25) is 0 Å². The Kier molecular flexibility index (Phi) is 7.00. The van der Waals surface area contributed by atoms with E-state index in [-0.39, 0.29) is 17.7 Å². The average Bonchev–Trinajstić information content (AvgIpc) is 2.59. The van der Waals surface area contributed by atoms with Gasteiger partial charge in [0.25, 0.3) is 0 Å². The van der Waals surface area contributed by atoms with E-state index in [1.165, 1.54) is 6.08 Å². The Labute approximate surface area is 143 Å². The van der Waals surface area contributed by atoms with Crippen LogP contribution >= 0.6 is 0 Å². The second-order valence-corrected chi connectivity index (χ2v) is 6.26. The number of hydrogen-bond donors (Lipinski definition) is 1. The van der Waals surface area contributed by atoms with Gasteiger partial charge in [-0.2, -0.15) is 0 Å². The maximum Gasteiger partial charge on any atom is 0.332 e. The molecular formula is C19H26N2O3. The minimum atomic E-state index is -0.387. The van der Waals surface area contributed by atoms with E-state index >= 15 is 0 Å². The van der Waals surface area contributed by atoms with Gasteiger partial charge in [-0.3, -0.25) is 4.79 Å². The van der Waals surface area contributed by atoms with Crippen molar-refractivity contribution in [3.8, 4) is 0 Å². The minimum Gasteiger partial charge on any atom is -0.462 e. The third-order valence-electron chi connectivity index (χ3n) is 4.23. The molecule has 2 rings (SSSR count). The van der Waals surface area contributed by atoms with Crippen molar-refractivity contribution < 1.29 is 14.3 Å². The van der Waals surface area contributed by atoms with Crippen LogP contribution in [0.3, 0.4) is 0 Å². The van der Waals surface area contributed by atoms with Crippen molar-refractivity contribution in [2.24, 2.45) is 11.7 Å². The zero-order chi connectivity index (χ0) is 17.4. The fourth-order valence-electron chi connectivity index (χ4n) is 2.95. The molecule has 1 aromatic rings. The Morgan fingerprint density at radius 2 is 1.92 bits per heavy atom. The van der Waals surface area contributed by atoms with Crippen molar-refractivity contribution in [1.29, 1.82) is 0 Å². The maximum absolute atomic E-state index is 12.4. The van der Waals surface area contributed by atoms with Crippen molar-refractivity contribution in [2.45, 2.75) is 26.2 Å². The molecule has 1 heterocycles. The van der Waals surface area contributed by atoms with Gasteiger partial charge in [0.05, 0.1) is 6.61 Å². The molecule has 5 heteroatoms. The number of carbonyl (C=O) groups is 2. The van der Waals surface area contributed by atoms with Gasteiger partial charge in [-0.15, -0.1) is 0 Å². The Balaban J connectivity index is 1.65. The SMILES string of the molecule is CC(N)=CC(=O)OCCCN1CCC(C(=O)c2ccccc2)CC1. The molecule has 1 aliphatic heterocycles. The summed E-state index contributed by atoms with van der Waals surface area (Å²) in [6, 6.07) is 9.52. The number of nitrogens with two attached hydrogens (primary N) is 1. The van der Waals surface area contributed by atoms with Crippen LogP contribution in [0.15, 0.2) is 42.1 Å². The van der Waals surface area contributed by atoms with Crippen molar-refractivity contribution in [3.63, 3.8) is 0 Å². The summed E-state index contributed by atoms with van der Waals surface area (Å²) in [5.41, 5.74) is 6.68. The van der Waals surface area contributed by atoms with Crippen molar-refractivity contribution >= 4 is 11.8 Å². The number of ether oxygens (including phenoxy) is 1. The number of rotatable bonds is 7. The Morgan fingerprint density at radius 1 is 1.25 bits per heavy atom. The van der Waals surface area contributed by atoms with Crippen LogP contribution in [0.25, 0.3) is 0 Å². The molecule has 1 saturated heterocycles. The number of piperidine rings is 1. The molecule has 0 saturated carbocycles. The predicted molar refractivity (Wildman–Crippen MR) is 93.5 cm³/mol. The fraction of sp³-hybridized carbons (Fsp3) is 0.474. The third kappa shape index (κ3) is 5.81. The largest absolute Gasteiger partial charge is 0.462 e. The Hall–Kier alpha value is -2.14. The van der Waals surface area contributed by atoms with Crippen LogP contribution in [0.4, 0.5) is 0 Å². The lowest BCUT2D eigenvalue weighted by molar-refractivity contribution is -0.138. The fourth-order valence-corrected chi connectivity index (χ4v) is 2.95. The Bertz CT molecular complexity index is 572. The molecule has 0 amide bonds. The number of allylic oxidation sites excluding steroid dienone is 1. The van der Waals surface area contributed by atoms with Gasteiger partial charge in [-0.05, 0) is 39.3 Å². The molecule has 24 heavy (non-hydrogen) atoms. The van der Waals surface area contributed by atoms with E-state index in [1.807, 2.05) is 30.3 Å². The van der Waals surface area contributed by atoms with E-state index in [0.717, 1.165) is 44.5 Å². The first kappa shape index (κ1) is 18.2. The number of ketones is 1. The predicted octanol–water partition coefficient (Wildman–Crippen LogP) is 2.38. The van der Waals surface area contributed by atoms with E-state index < -0.39 is 0 Å². The van der Waals surface area contributed by atoms with Gasteiger partial charge in [0.1, 0.15) is 0 Å². The van der Waals surface area contributed by atoms with Gasteiger partial charge in [-0.1, -0.05) is 30.3 Å². The molecule has 5 nitrogen and oxygen atoms in total. The quantitative estimate of drug-likeness (QED) is 0.360. The van der Waals surface area contributed by atoms with Crippen LogP contribution < -0.4 is 5.73 Å². The van der Waals surface area contributed by atoms with Crippen LogP contribution in [0.5, 0.6) is 0 Å². The summed E-state index contributed by atoms with van der Waals surface area (Å²) < 4.78 is 5.08. The molecule has 0 atom stereocenters. The number of carbonyl (C=O) groups excluding carboxylic acids is 2. The highest BCUT2D eigenvalue weighted by Gasteiger charge is 2.25. The van der Waals surface area contributed by atoms with Gasteiger partial charge in [-0.25, -0.2) is 4.79 Å². The van der Waals surface area contributed by atoms with Gasteiger partial charge in [0.2, 0.25) is 0 Å². The third-order valence-corrected chi connectivity index (χ3v) is 4.23. The lowest BCUT2D eigenvalue weighted by atomic mass is 9.89. The Morgan fingerprint density at radius 3 is 2.54 bits per heavy atom. The number of esters is 1. The molecule has 130 valence electrons. The monoisotopic (exact) mass is 330 g/mol.